The largest absolute Gasteiger partial charge is 0.507 e. The van der Waals surface area contributed by atoms with Crippen molar-refractivity contribution in [3.05, 3.63) is 34.0 Å². The smallest absolute Gasteiger partial charge is 0.208 e. The Labute approximate surface area is 147 Å². The maximum Gasteiger partial charge on any atom is 0.208 e. The van der Waals surface area contributed by atoms with E-state index in [0.29, 0.717) is 29.4 Å². The lowest BCUT2D eigenvalue weighted by atomic mass is 9.95. The molecule has 26 heavy (non-hydrogen) atoms. The van der Waals surface area contributed by atoms with Gasteiger partial charge in [-0.15, -0.1) is 0 Å². The summed E-state index contributed by atoms with van der Waals surface area (Å²) in [4.78, 5) is 13.2. The molecule has 0 radical (unpaired) electrons. The number of phenolic OH excluding ortho intramolecular Hbond substituents is 1. The predicted octanol–water partition coefficient (Wildman–Crippen LogP) is 2.89. The summed E-state index contributed by atoms with van der Waals surface area (Å²) in [5.74, 6) is 1.11. The Morgan fingerprint density at radius 3 is 2.69 bits per heavy atom. The average molecular weight is 356 g/mol. The molecule has 2 aliphatic heterocycles. The molecule has 134 valence electrons. The highest BCUT2D eigenvalue weighted by Crippen LogP contribution is 2.50. The summed E-state index contributed by atoms with van der Waals surface area (Å²) < 4.78 is 28.3. The first-order chi connectivity index (χ1) is 12.6. The maximum absolute atomic E-state index is 13.2. The second-order valence-electron chi connectivity index (χ2n) is 6.37. The van der Waals surface area contributed by atoms with Gasteiger partial charge >= 0.3 is 0 Å². The Balaban J connectivity index is 1.99. The van der Waals surface area contributed by atoms with Crippen molar-refractivity contribution < 1.29 is 28.5 Å². The van der Waals surface area contributed by atoms with Gasteiger partial charge in [-0.1, -0.05) is 0 Å². The minimum Gasteiger partial charge on any atom is -0.507 e. The van der Waals surface area contributed by atoms with Gasteiger partial charge in [0, 0.05) is 11.6 Å². The zero-order chi connectivity index (χ0) is 18.0. The Morgan fingerprint density at radius 2 is 1.92 bits per heavy atom. The number of methoxy groups -OCH3 is 2. The van der Waals surface area contributed by atoms with Gasteiger partial charge in [0.25, 0.3) is 0 Å². The summed E-state index contributed by atoms with van der Waals surface area (Å²) in [6.07, 6.45) is 0.394. The van der Waals surface area contributed by atoms with Gasteiger partial charge < -0.3 is 28.5 Å². The Morgan fingerprint density at radius 1 is 1.12 bits per heavy atom. The predicted molar refractivity (Wildman–Crippen MR) is 92.5 cm³/mol. The summed E-state index contributed by atoms with van der Waals surface area (Å²) in [5.41, 5.74) is 1.01. The monoisotopic (exact) mass is 356 g/mol. The Hall–Kier alpha value is -2.93. The number of rotatable bonds is 2. The average Bonchev–Trinajstić information content (AvgIpc) is 3.21. The third-order valence-corrected chi connectivity index (χ3v) is 5.10. The van der Waals surface area contributed by atoms with Crippen molar-refractivity contribution in [1.82, 2.24) is 0 Å². The molecule has 1 aromatic heterocycles. The van der Waals surface area contributed by atoms with Gasteiger partial charge in [0.1, 0.15) is 33.6 Å². The molecule has 1 saturated heterocycles. The van der Waals surface area contributed by atoms with Crippen LogP contribution in [0, 0.1) is 0 Å². The van der Waals surface area contributed by atoms with Crippen molar-refractivity contribution in [2.45, 2.75) is 18.6 Å². The number of hydrogen-bond donors (Lipinski definition) is 1. The molecular weight excluding hydrogens is 340 g/mol. The highest BCUT2D eigenvalue weighted by molar-refractivity contribution is 6.00. The highest BCUT2D eigenvalue weighted by Gasteiger charge is 2.42. The summed E-state index contributed by atoms with van der Waals surface area (Å²) in [6.45, 7) is 0.588. The summed E-state index contributed by atoms with van der Waals surface area (Å²) >= 11 is 0. The molecule has 2 aliphatic rings. The van der Waals surface area contributed by atoms with Crippen molar-refractivity contribution in [3.8, 4) is 23.0 Å². The van der Waals surface area contributed by atoms with E-state index in [0.717, 1.165) is 12.0 Å². The molecule has 1 unspecified atom stereocenters. The molecule has 7 nitrogen and oxygen atoms in total. The number of ether oxygens (including phenoxy) is 4. The van der Waals surface area contributed by atoms with Crippen molar-refractivity contribution in [1.29, 1.82) is 0 Å². The third-order valence-electron chi connectivity index (χ3n) is 5.10. The fourth-order valence-electron chi connectivity index (χ4n) is 3.90. The van der Waals surface area contributed by atoms with Gasteiger partial charge in [-0.2, -0.15) is 0 Å². The van der Waals surface area contributed by atoms with Crippen LogP contribution in [0.3, 0.4) is 0 Å². The van der Waals surface area contributed by atoms with Crippen LogP contribution >= 0.6 is 0 Å². The number of benzene rings is 2. The third kappa shape index (κ3) is 1.83. The maximum atomic E-state index is 13.2. The molecule has 1 N–H and O–H groups in total. The lowest BCUT2D eigenvalue weighted by molar-refractivity contribution is -0.0337. The van der Waals surface area contributed by atoms with E-state index in [-0.39, 0.29) is 39.7 Å². The zero-order valence-corrected chi connectivity index (χ0v) is 14.2. The van der Waals surface area contributed by atoms with Gasteiger partial charge in [0.05, 0.1) is 26.7 Å². The molecule has 2 aromatic carbocycles. The van der Waals surface area contributed by atoms with Gasteiger partial charge in [0.15, 0.2) is 11.3 Å². The molecule has 0 bridgehead atoms. The van der Waals surface area contributed by atoms with Crippen molar-refractivity contribution >= 4 is 21.9 Å². The lowest BCUT2D eigenvalue weighted by Crippen LogP contribution is -2.13. The molecule has 1 fully saturated rings. The number of aromatic hydroxyl groups is 1. The number of phenols is 1. The Kier molecular flexibility index (Phi) is 3.12. The van der Waals surface area contributed by atoms with Crippen LogP contribution in [0.25, 0.3) is 21.9 Å². The van der Waals surface area contributed by atoms with Crippen LogP contribution in [0.2, 0.25) is 0 Å². The van der Waals surface area contributed by atoms with E-state index >= 15 is 0 Å². The van der Waals surface area contributed by atoms with E-state index in [1.807, 2.05) is 0 Å². The minimum absolute atomic E-state index is 0.0117. The Bertz CT molecular complexity index is 1110. The molecule has 2 atom stereocenters. The van der Waals surface area contributed by atoms with Gasteiger partial charge in [-0.05, 0) is 18.6 Å². The van der Waals surface area contributed by atoms with Crippen molar-refractivity contribution in [3.63, 3.8) is 0 Å². The van der Waals surface area contributed by atoms with Crippen molar-refractivity contribution in [2.24, 2.45) is 0 Å². The molecule has 3 aromatic rings. The van der Waals surface area contributed by atoms with E-state index in [2.05, 4.69) is 0 Å². The summed E-state index contributed by atoms with van der Waals surface area (Å²) in [6, 6.07) is 4.65. The minimum atomic E-state index is -0.382. The molecule has 0 amide bonds. The van der Waals surface area contributed by atoms with Crippen LogP contribution in [-0.2, 0) is 4.74 Å². The summed E-state index contributed by atoms with van der Waals surface area (Å²) in [7, 11) is 2.96. The molecule has 0 saturated carbocycles. The van der Waals surface area contributed by atoms with Gasteiger partial charge in [0.2, 0.25) is 11.7 Å². The van der Waals surface area contributed by atoms with Crippen LogP contribution in [0.4, 0.5) is 0 Å². The lowest BCUT2D eigenvalue weighted by Gasteiger charge is -2.13. The first-order valence-electron chi connectivity index (χ1n) is 8.29. The quantitative estimate of drug-likeness (QED) is 0.706. The first-order valence-corrected chi connectivity index (χ1v) is 8.29. The van der Waals surface area contributed by atoms with Crippen LogP contribution in [0.1, 0.15) is 17.9 Å². The highest BCUT2D eigenvalue weighted by atomic mass is 16.7. The fraction of sp³-hybridized carbons (Fsp3) is 0.316. The van der Waals surface area contributed by atoms with E-state index < -0.39 is 0 Å². The van der Waals surface area contributed by atoms with Crippen molar-refractivity contribution in [2.75, 3.05) is 20.8 Å². The van der Waals surface area contributed by atoms with E-state index in [9.17, 15) is 9.90 Å². The van der Waals surface area contributed by atoms with Crippen LogP contribution in [0.15, 0.2) is 27.4 Å². The molecule has 7 heteroatoms. The van der Waals surface area contributed by atoms with Crippen LogP contribution in [-0.4, -0.2) is 32.2 Å². The fourth-order valence-corrected chi connectivity index (χ4v) is 3.90. The van der Waals surface area contributed by atoms with Gasteiger partial charge in [-0.3, -0.25) is 4.79 Å². The SMILES string of the molecule is COc1ccc(O)c2c(=O)c3c(OC)cc4c(c3oc12)C1CCO[C@@H]1O4. The molecule has 0 spiro atoms. The standard InChI is InChI=1S/C19H16O7/c1-22-10-4-3-9(20)14-16(21)15-11(23-2)7-12-13(18(15)26-17(10)14)8-5-6-24-19(8)25-12/h3-4,7-8,19-20H,5-6H2,1-2H3/t8?,19-/m1/s1. The topological polar surface area (TPSA) is 87.4 Å². The van der Waals surface area contributed by atoms with E-state index in [4.69, 9.17) is 23.4 Å². The normalized spacial score (nSPS) is 20.8. The van der Waals surface area contributed by atoms with E-state index in [1.54, 1.807) is 12.1 Å². The zero-order valence-electron chi connectivity index (χ0n) is 14.2. The molecule has 0 aliphatic carbocycles. The molecule has 3 heterocycles. The second-order valence-corrected chi connectivity index (χ2v) is 6.37. The van der Waals surface area contributed by atoms with Crippen LogP contribution < -0.4 is 19.6 Å². The summed E-state index contributed by atoms with van der Waals surface area (Å²) in [5, 5.41) is 10.6. The number of fused-ring (bicyclic) bond motifs is 6. The van der Waals surface area contributed by atoms with Gasteiger partial charge in [-0.25, -0.2) is 0 Å². The van der Waals surface area contributed by atoms with Crippen LogP contribution in [0.5, 0.6) is 23.0 Å². The number of hydrogen-bond acceptors (Lipinski definition) is 7. The molecular formula is C19H16O7. The second kappa shape index (κ2) is 5.28. The van der Waals surface area contributed by atoms with E-state index in [1.165, 1.54) is 20.3 Å². The molecule has 5 rings (SSSR count). The first kappa shape index (κ1) is 15.3.